The Balaban J connectivity index is 1.74. The van der Waals surface area contributed by atoms with Gasteiger partial charge in [0.2, 0.25) is 0 Å². The predicted molar refractivity (Wildman–Crippen MR) is 77.5 cm³/mol. The Labute approximate surface area is 117 Å². The lowest BCUT2D eigenvalue weighted by molar-refractivity contribution is -0.144. The average Bonchev–Trinajstić information content (AvgIpc) is 2.46. The van der Waals surface area contributed by atoms with Gasteiger partial charge in [0.25, 0.3) is 0 Å². The van der Waals surface area contributed by atoms with Crippen LogP contribution < -0.4 is 0 Å². The van der Waals surface area contributed by atoms with Crippen LogP contribution >= 0.6 is 0 Å². The van der Waals surface area contributed by atoms with Crippen molar-refractivity contribution < 1.29 is 9.53 Å². The first kappa shape index (κ1) is 14.6. The molecule has 108 valence electrons. The summed E-state index contributed by atoms with van der Waals surface area (Å²) in [6.07, 6.45) is 13.5. The van der Waals surface area contributed by atoms with E-state index in [-0.39, 0.29) is 11.9 Å². The highest BCUT2D eigenvalue weighted by atomic mass is 16.5. The van der Waals surface area contributed by atoms with Gasteiger partial charge in [-0.25, -0.2) is 0 Å². The normalized spacial score (nSPS) is 36.3. The van der Waals surface area contributed by atoms with Crippen molar-refractivity contribution in [2.75, 3.05) is 0 Å². The van der Waals surface area contributed by atoms with Gasteiger partial charge in [0, 0.05) is 0 Å². The van der Waals surface area contributed by atoms with Gasteiger partial charge in [0.1, 0.15) is 0 Å². The second-order valence-electron chi connectivity index (χ2n) is 6.54. The lowest BCUT2D eigenvalue weighted by Gasteiger charge is -2.36. The van der Waals surface area contributed by atoms with Gasteiger partial charge < -0.3 is 4.74 Å². The summed E-state index contributed by atoms with van der Waals surface area (Å²) in [5.41, 5.74) is 0. The summed E-state index contributed by atoms with van der Waals surface area (Å²) in [7, 11) is 0. The van der Waals surface area contributed by atoms with Gasteiger partial charge in [-0.2, -0.15) is 0 Å². The first-order valence-corrected chi connectivity index (χ1v) is 8.02. The van der Waals surface area contributed by atoms with Gasteiger partial charge in [-0.1, -0.05) is 25.8 Å². The molecule has 0 aromatic carbocycles. The molecule has 19 heavy (non-hydrogen) atoms. The molecule has 0 atom stereocenters. The molecule has 2 nitrogen and oxygen atoms in total. The smallest absolute Gasteiger partial charge is 0.313 e. The Bertz CT molecular complexity index is 305. The standard InChI is InChI=1S/C17H28O2/c1-3-12-19-17(18)16-10-8-15(9-11-16)14-6-4-13(2)5-7-14/h3,12-16H,4-11H2,1-2H3/b12-3+. The molecule has 2 aliphatic carbocycles. The van der Waals surface area contributed by atoms with E-state index in [1.165, 1.54) is 44.8 Å². The molecule has 0 aromatic rings. The molecule has 0 unspecified atom stereocenters. The Morgan fingerprint density at radius 1 is 0.947 bits per heavy atom. The van der Waals surface area contributed by atoms with Crippen molar-refractivity contribution in [2.24, 2.45) is 23.7 Å². The molecule has 2 saturated carbocycles. The fourth-order valence-electron chi connectivity index (χ4n) is 3.81. The molecule has 0 bridgehead atoms. The van der Waals surface area contributed by atoms with Gasteiger partial charge in [0.15, 0.2) is 0 Å². The van der Waals surface area contributed by atoms with E-state index in [1.807, 2.05) is 6.92 Å². The van der Waals surface area contributed by atoms with E-state index < -0.39 is 0 Å². The molecule has 0 spiro atoms. The molecule has 0 aromatic heterocycles. The molecule has 0 saturated heterocycles. The predicted octanol–water partition coefficient (Wildman–Crippen LogP) is 4.70. The fraction of sp³-hybridized carbons (Fsp3) is 0.824. The van der Waals surface area contributed by atoms with Crippen LogP contribution in [0.5, 0.6) is 0 Å². The highest BCUT2D eigenvalue weighted by Crippen LogP contribution is 2.41. The van der Waals surface area contributed by atoms with E-state index in [0.717, 1.165) is 30.6 Å². The van der Waals surface area contributed by atoms with Gasteiger partial charge >= 0.3 is 5.97 Å². The minimum absolute atomic E-state index is 0.0196. The molecule has 0 N–H and O–H groups in total. The van der Waals surface area contributed by atoms with Crippen LogP contribution in [0.25, 0.3) is 0 Å². The van der Waals surface area contributed by atoms with E-state index in [1.54, 1.807) is 6.08 Å². The van der Waals surface area contributed by atoms with Gasteiger partial charge in [-0.15, -0.1) is 0 Å². The average molecular weight is 264 g/mol. The molecule has 2 aliphatic rings. The van der Waals surface area contributed by atoms with Crippen LogP contribution in [-0.2, 0) is 9.53 Å². The summed E-state index contributed by atoms with van der Waals surface area (Å²) in [5.74, 6) is 2.87. The van der Waals surface area contributed by atoms with Crippen LogP contribution in [0.2, 0.25) is 0 Å². The number of esters is 1. The Hall–Kier alpha value is -0.790. The first-order chi connectivity index (χ1) is 9.20. The van der Waals surface area contributed by atoms with Crippen molar-refractivity contribution in [3.8, 4) is 0 Å². The molecular weight excluding hydrogens is 236 g/mol. The van der Waals surface area contributed by atoms with Crippen LogP contribution in [0.4, 0.5) is 0 Å². The Morgan fingerprint density at radius 2 is 1.47 bits per heavy atom. The summed E-state index contributed by atoms with van der Waals surface area (Å²) in [5, 5.41) is 0. The lowest BCUT2D eigenvalue weighted by atomic mass is 9.69. The third-order valence-corrected chi connectivity index (χ3v) is 5.15. The monoisotopic (exact) mass is 264 g/mol. The van der Waals surface area contributed by atoms with Crippen molar-refractivity contribution in [3.63, 3.8) is 0 Å². The van der Waals surface area contributed by atoms with Crippen LogP contribution in [0.15, 0.2) is 12.3 Å². The zero-order chi connectivity index (χ0) is 13.7. The molecule has 2 fully saturated rings. The quantitative estimate of drug-likeness (QED) is 0.545. The SMILES string of the molecule is C/C=C/OC(=O)C1CCC(C2CCC(C)CC2)CC1. The van der Waals surface area contributed by atoms with Crippen LogP contribution in [-0.4, -0.2) is 5.97 Å². The van der Waals surface area contributed by atoms with Crippen molar-refractivity contribution in [2.45, 2.75) is 65.2 Å². The van der Waals surface area contributed by atoms with Gasteiger partial charge in [-0.05, 0) is 63.2 Å². The molecule has 0 aliphatic heterocycles. The molecule has 0 radical (unpaired) electrons. The molecule has 2 heteroatoms. The molecule has 2 rings (SSSR count). The van der Waals surface area contributed by atoms with E-state index in [9.17, 15) is 4.79 Å². The van der Waals surface area contributed by atoms with Crippen molar-refractivity contribution in [3.05, 3.63) is 12.3 Å². The third kappa shape index (κ3) is 4.09. The van der Waals surface area contributed by atoms with Crippen LogP contribution in [0.1, 0.15) is 65.2 Å². The number of allylic oxidation sites excluding steroid dienone is 1. The summed E-state index contributed by atoms with van der Waals surface area (Å²) < 4.78 is 5.11. The minimum atomic E-state index is -0.0196. The topological polar surface area (TPSA) is 26.3 Å². The Kier molecular flexibility index (Phi) is 5.47. The second-order valence-corrected chi connectivity index (χ2v) is 6.54. The summed E-state index contributed by atoms with van der Waals surface area (Å²) >= 11 is 0. The van der Waals surface area contributed by atoms with E-state index in [0.29, 0.717) is 0 Å². The molecule has 0 amide bonds. The maximum absolute atomic E-state index is 11.8. The number of ether oxygens (including phenoxy) is 1. The van der Waals surface area contributed by atoms with Crippen molar-refractivity contribution in [1.82, 2.24) is 0 Å². The van der Waals surface area contributed by atoms with Gasteiger partial charge in [-0.3, -0.25) is 4.79 Å². The number of carbonyl (C=O) groups excluding carboxylic acids is 1. The third-order valence-electron chi connectivity index (χ3n) is 5.15. The van der Waals surface area contributed by atoms with E-state index in [2.05, 4.69) is 6.92 Å². The van der Waals surface area contributed by atoms with E-state index >= 15 is 0 Å². The zero-order valence-electron chi connectivity index (χ0n) is 12.4. The summed E-state index contributed by atoms with van der Waals surface area (Å²) in [4.78, 5) is 11.8. The van der Waals surface area contributed by atoms with Crippen LogP contribution in [0, 0.1) is 23.7 Å². The largest absolute Gasteiger partial charge is 0.435 e. The Morgan fingerprint density at radius 3 is 2.00 bits per heavy atom. The number of hydrogen-bond acceptors (Lipinski definition) is 2. The van der Waals surface area contributed by atoms with Crippen molar-refractivity contribution in [1.29, 1.82) is 0 Å². The molecule has 0 heterocycles. The van der Waals surface area contributed by atoms with E-state index in [4.69, 9.17) is 4.74 Å². The maximum Gasteiger partial charge on any atom is 0.313 e. The number of rotatable bonds is 3. The van der Waals surface area contributed by atoms with Crippen LogP contribution in [0.3, 0.4) is 0 Å². The number of carbonyl (C=O) groups is 1. The fourth-order valence-corrected chi connectivity index (χ4v) is 3.81. The van der Waals surface area contributed by atoms with Gasteiger partial charge in [0.05, 0.1) is 12.2 Å². The maximum atomic E-state index is 11.8. The summed E-state index contributed by atoms with van der Waals surface area (Å²) in [6.45, 7) is 4.25. The highest BCUT2D eigenvalue weighted by molar-refractivity contribution is 5.73. The van der Waals surface area contributed by atoms with Crippen molar-refractivity contribution >= 4 is 5.97 Å². The zero-order valence-corrected chi connectivity index (χ0v) is 12.4. The number of hydrogen-bond donors (Lipinski definition) is 0. The molecular formula is C17H28O2. The highest BCUT2D eigenvalue weighted by Gasteiger charge is 2.32. The second kappa shape index (κ2) is 7.12. The summed E-state index contributed by atoms with van der Waals surface area (Å²) in [6, 6.07) is 0. The minimum Gasteiger partial charge on any atom is -0.435 e. The lowest BCUT2D eigenvalue weighted by Crippen LogP contribution is -2.28. The first-order valence-electron chi connectivity index (χ1n) is 8.02.